The average molecular weight is 218 g/mol. The van der Waals surface area contributed by atoms with Gasteiger partial charge in [-0.05, 0) is 19.1 Å². The summed E-state index contributed by atoms with van der Waals surface area (Å²) >= 11 is 0. The Morgan fingerprint density at radius 2 is 2.12 bits per heavy atom. The van der Waals surface area contributed by atoms with Crippen LogP contribution in [-0.2, 0) is 0 Å². The van der Waals surface area contributed by atoms with Crippen LogP contribution < -0.4 is 11.1 Å². The highest BCUT2D eigenvalue weighted by molar-refractivity contribution is 5.60. The van der Waals surface area contributed by atoms with Gasteiger partial charge in [0, 0.05) is 11.3 Å². The van der Waals surface area contributed by atoms with Crippen molar-refractivity contribution in [3.8, 4) is 0 Å². The second-order valence-electron chi connectivity index (χ2n) is 3.37. The predicted octanol–water partition coefficient (Wildman–Crippen LogP) is 2.25. The smallest absolute Gasteiger partial charge is 0.151 e. The van der Waals surface area contributed by atoms with Crippen LogP contribution in [0.25, 0.3) is 0 Å². The molecule has 1 aromatic carbocycles. The summed E-state index contributed by atoms with van der Waals surface area (Å²) < 4.78 is 13.3. The standard InChI is InChI=1S/C11H11FN4/c1-7-8(12)3-2-4-9(7)15-11-6-14-5-10(13)16-11/h2-6H,1H3,(H3,13,15,16). The third-order valence-electron chi connectivity index (χ3n) is 2.18. The van der Waals surface area contributed by atoms with E-state index in [1.807, 2.05) is 0 Å². The van der Waals surface area contributed by atoms with Crippen molar-refractivity contribution in [3.63, 3.8) is 0 Å². The molecule has 1 heterocycles. The first kappa shape index (κ1) is 10.4. The van der Waals surface area contributed by atoms with Crippen LogP contribution >= 0.6 is 0 Å². The van der Waals surface area contributed by atoms with E-state index >= 15 is 0 Å². The molecular weight excluding hydrogens is 207 g/mol. The minimum absolute atomic E-state index is 0.262. The van der Waals surface area contributed by atoms with Gasteiger partial charge in [-0.15, -0.1) is 0 Å². The number of nitrogens with two attached hydrogens (primary N) is 1. The Labute approximate surface area is 92.3 Å². The molecule has 0 atom stereocenters. The van der Waals surface area contributed by atoms with Gasteiger partial charge < -0.3 is 11.1 Å². The summed E-state index contributed by atoms with van der Waals surface area (Å²) in [5, 5.41) is 2.96. The van der Waals surface area contributed by atoms with Gasteiger partial charge in [0.15, 0.2) is 5.82 Å². The molecule has 1 aromatic heterocycles. The van der Waals surface area contributed by atoms with Gasteiger partial charge in [-0.3, -0.25) is 4.98 Å². The van der Waals surface area contributed by atoms with Gasteiger partial charge in [0.25, 0.3) is 0 Å². The zero-order valence-corrected chi connectivity index (χ0v) is 8.74. The number of hydrogen-bond acceptors (Lipinski definition) is 4. The van der Waals surface area contributed by atoms with Crippen molar-refractivity contribution in [3.05, 3.63) is 42.0 Å². The van der Waals surface area contributed by atoms with Crippen molar-refractivity contribution in [1.82, 2.24) is 9.97 Å². The van der Waals surface area contributed by atoms with E-state index in [4.69, 9.17) is 5.73 Å². The molecule has 0 fully saturated rings. The maximum atomic E-state index is 13.3. The number of anilines is 3. The maximum Gasteiger partial charge on any atom is 0.151 e. The SMILES string of the molecule is Cc1c(F)cccc1Nc1cncc(N)n1. The second-order valence-corrected chi connectivity index (χ2v) is 3.37. The van der Waals surface area contributed by atoms with E-state index in [0.29, 0.717) is 22.9 Å². The lowest BCUT2D eigenvalue weighted by atomic mass is 10.2. The van der Waals surface area contributed by atoms with Crippen molar-refractivity contribution >= 4 is 17.3 Å². The molecule has 82 valence electrons. The summed E-state index contributed by atoms with van der Waals surface area (Å²) in [7, 11) is 0. The quantitative estimate of drug-likeness (QED) is 0.811. The summed E-state index contributed by atoms with van der Waals surface area (Å²) in [6.45, 7) is 1.69. The Hall–Kier alpha value is -2.17. The molecule has 0 saturated heterocycles. The fourth-order valence-electron chi connectivity index (χ4n) is 1.32. The molecule has 0 radical (unpaired) electrons. The largest absolute Gasteiger partial charge is 0.382 e. The Bertz CT molecular complexity index is 513. The molecule has 0 bridgehead atoms. The Morgan fingerprint density at radius 3 is 2.88 bits per heavy atom. The third kappa shape index (κ3) is 2.08. The van der Waals surface area contributed by atoms with Crippen molar-refractivity contribution in [2.24, 2.45) is 0 Å². The van der Waals surface area contributed by atoms with Crippen LogP contribution in [0.4, 0.5) is 21.7 Å². The van der Waals surface area contributed by atoms with Gasteiger partial charge >= 0.3 is 0 Å². The van der Waals surface area contributed by atoms with Crippen LogP contribution in [0.1, 0.15) is 5.56 Å². The number of nitrogen functional groups attached to an aromatic ring is 1. The topological polar surface area (TPSA) is 63.8 Å². The highest BCUT2D eigenvalue weighted by Gasteiger charge is 2.04. The van der Waals surface area contributed by atoms with Gasteiger partial charge in [-0.1, -0.05) is 6.07 Å². The van der Waals surface area contributed by atoms with Crippen LogP contribution in [0.3, 0.4) is 0 Å². The molecule has 16 heavy (non-hydrogen) atoms. The molecule has 3 N–H and O–H groups in total. The van der Waals surface area contributed by atoms with Gasteiger partial charge in [0.1, 0.15) is 11.6 Å². The van der Waals surface area contributed by atoms with Crippen molar-refractivity contribution < 1.29 is 4.39 Å². The Balaban J connectivity index is 2.31. The number of aromatic nitrogens is 2. The minimum Gasteiger partial charge on any atom is -0.382 e. The number of nitrogens with zero attached hydrogens (tertiary/aromatic N) is 2. The monoisotopic (exact) mass is 218 g/mol. The number of hydrogen-bond donors (Lipinski definition) is 2. The van der Waals surface area contributed by atoms with Crippen molar-refractivity contribution in [2.45, 2.75) is 6.92 Å². The number of nitrogens with one attached hydrogen (secondary N) is 1. The summed E-state index contributed by atoms with van der Waals surface area (Å²) in [4.78, 5) is 7.91. The fourth-order valence-corrected chi connectivity index (χ4v) is 1.32. The first-order chi connectivity index (χ1) is 7.66. The van der Waals surface area contributed by atoms with Gasteiger partial charge in [0.2, 0.25) is 0 Å². The molecular formula is C11H11FN4. The van der Waals surface area contributed by atoms with E-state index in [1.54, 1.807) is 19.1 Å². The molecule has 4 nitrogen and oxygen atoms in total. The normalized spacial score (nSPS) is 10.1. The van der Waals surface area contributed by atoms with E-state index in [2.05, 4.69) is 15.3 Å². The summed E-state index contributed by atoms with van der Waals surface area (Å²) in [6.07, 6.45) is 2.98. The Morgan fingerprint density at radius 1 is 1.31 bits per heavy atom. The predicted molar refractivity (Wildman–Crippen MR) is 60.9 cm³/mol. The molecule has 0 aliphatic carbocycles. The first-order valence-electron chi connectivity index (χ1n) is 4.76. The molecule has 0 aliphatic heterocycles. The van der Waals surface area contributed by atoms with Crippen molar-refractivity contribution in [2.75, 3.05) is 11.1 Å². The van der Waals surface area contributed by atoms with Crippen LogP contribution in [-0.4, -0.2) is 9.97 Å². The second kappa shape index (κ2) is 4.14. The van der Waals surface area contributed by atoms with E-state index in [0.717, 1.165) is 0 Å². The van der Waals surface area contributed by atoms with Crippen LogP contribution in [0.2, 0.25) is 0 Å². The van der Waals surface area contributed by atoms with E-state index < -0.39 is 0 Å². The highest BCUT2D eigenvalue weighted by atomic mass is 19.1. The summed E-state index contributed by atoms with van der Waals surface area (Å²) in [6, 6.07) is 4.80. The Kier molecular flexibility index (Phi) is 2.68. The van der Waals surface area contributed by atoms with Crippen LogP contribution in [0.15, 0.2) is 30.6 Å². The average Bonchev–Trinajstić information content (AvgIpc) is 2.25. The maximum absolute atomic E-state index is 13.3. The molecule has 5 heteroatoms. The molecule has 2 rings (SSSR count). The highest BCUT2D eigenvalue weighted by Crippen LogP contribution is 2.20. The lowest BCUT2D eigenvalue weighted by molar-refractivity contribution is 0.619. The van der Waals surface area contributed by atoms with Crippen molar-refractivity contribution in [1.29, 1.82) is 0 Å². The molecule has 0 spiro atoms. The lowest BCUT2D eigenvalue weighted by Gasteiger charge is -2.08. The number of halogens is 1. The summed E-state index contributed by atoms with van der Waals surface area (Å²) in [5.41, 5.74) is 6.68. The van der Waals surface area contributed by atoms with Gasteiger partial charge in [-0.2, -0.15) is 0 Å². The van der Waals surface area contributed by atoms with Crippen LogP contribution in [0.5, 0.6) is 0 Å². The molecule has 0 aliphatic rings. The molecule has 0 unspecified atom stereocenters. The minimum atomic E-state index is -0.262. The van der Waals surface area contributed by atoms with Crippen LogP contribution in [0, 0.1) is 12.7 Å². The van der Waals surface area contributed by atoms with Gasteiger partial charge in [-0.25, -0.2) is 9.37 Å². The number of benzene rings is 1. The van der Waals surface area contributed by atoms with E-state index in [1.165, 1.54) is 18.5 Å². The lowest BCUT2D eigenvalue weighted by Crippen LogP contribution is -2.00. The van der Waals surface area contributed by atoms with E-state index in [9.17, 15) is 4.39 Å². The zero-order valence-electron chi connectivity index (χ0n) is 8.74. The van der Waals surface area contributed by atoms with E-state index in [-0.39, 0.29) is 5.82 Å². The fraction of sp³-hybridized carbons (Fsp3) is 0.0909. The molecule has 0 amide bonds. The first-order valence-corrected chi connectivity index (χ1v) is 4.76. The van der Waals surface area contributed by atoms with Gasteiger partial charge in [0.05, 0.1) is 12.4 Å². The molecule has 0 saturated carbocycles. The molecule has 2 aromatic rings. The summed E-state index contributed by atoms with van der Waals surface area (Å²) in [5.74, 6) is 0.551. The number of rotatable bonds is 2. The zero-order chi connectivity index (χ0) is 11.5. The third-order valence-corrected chi connectivity index (χ3v) is 2.18.